The lowest BCUT2D eigenvalue weighted by Crippen LogP contribution is -2.31. The van der Waals surface area contributed by atoms with Gasteiger partial charge in [-0.1, -0.05) is 12.1 Å². The standard InChI is InChI=1S/C20H20FNO6/c1-12(14-4-6-17-18(9-14)28-11-27-17)22-19(23)10-26-20(24)8-13-3-5-16(25-2)15(21)7-13/h3-7,9,12H,8,10-11H2,1-2H3,(H,22,23)/t12-/m0/s1. The normalized spacial score (nSPS) is 13.0. The van der Waals surface area contributed by atoms with Crippen molar-refractivity contribution in [3.8, 4) is 17.2 Å². The second kappa shape index (κ2) is 8.60. The van der Waals surface area contributed by atoms with Crippen LogP contribution in [-0.2, 0) is 20.7 Å². The van der Waals surface area contributed by atoms with E-state index in [1.54, 1.807) is 25.1 Å². The molecule has 1 aliphatic rings. The summed E-state index contributed by atoms with van der Waals surface area (Å²) < 4.78 is 34.0. The summed E-state index contributed by atoms with van der Waals surface area (Å²) >= 11 is 0. The molecule has 0 aromatic heterocycles. The lowest BCUT2D eigenvalue weighted by atomic mass is 10.1. The van der Waals surface area contributed by atoms with Crippen molar-refractivity contribution in [3.63, 3.8) is 0 Å². The van der Waals surface area contributed by atoms with Crippen LogP contribution in [0.2, 0.25) is 0 Å². The number of esters is 1. The SMILES string of the molecule is COc1ccc(CC(=O)OCC(=O)N[C@@H](C)c2ccc3c(c2)OCO3)cc1F. The van der Waals surface area contributed by atoms with Gasteiger partial charge in [0, 0.05) is 0 Å². The number of amides is 1. The van der Waals surface area contributed by atoms with Crippen molar-refractivity contribution in [2.24, 2.45) is 0 Å². The maximum Gasteiger partial charge on any atom is 0.310 e. The Hall–Kier alpha value is -3.29. The van der Waals surface area contributed by atoms with E-state index in [9.17, 15) is 14.0 Å². The monoisotopic (exact) mass is 389 g/mol. The van der Waals surface area contributed by atoms with Crippen LogP contribution in [-0.4, -0.2) is 32.4 Å². The molecule has 0 spiro atoms. The van der Waals surface area contributed by atoms with Crippen LogP contribution in [0.25, 0.3) is 0 Å². The Morgan fingerprint density at radius 3 is 2.71 bits per heavy atom. The first-order chi connectivity index (χ1) is 13.5. The highest BCUT2D eigenvalue weighted by atomic mass is 19.1. The van der Waals surface area contributed by atoms with Crippen molar-refractivity contribution in [1.29, 1.82) is 0 Å². The fraction of sp³-hybridized carbons (Fsp3) is 0.300. The molecule has 1 heterocycles. The quantitative estimate of drug-likeness (QED) is 0.733. The van der Waals surface area contributed by atoms with Gasteiger partial charge in [-0.3, -0.25) is 9.59 Å². The fourth-order valence-electron chi connectivity index (χ4n) is 2.73. The van der Waals surface area contributed by atoms with E-state index >= 15 is 0 Å². The number of carbonyl (C=O) groups excluding carboxylic acids is 2. The average molecular weight is 389 g/mol. The fourth-order valence-corrected chi connectivity index (χ4v) is 2.73. The number of ether oxygens (including phenoxy) is 4. The van der Waals surface area contributed by atoms with E-state index in [1.165, 1.54) is 19.2 Å². The third-order valence-electron chi connectivity index (χ3n) is 4.20. The predicted octanol–water partition coefficient (Wildman–Crippen LogP) is 2.53. The van der Waals surface area contributed by atoms with E-state index < -0.39 is 24.3 Å². The Bertz CT molecular complexity index is 885. The van der Waals surface area contributed by atoms with Crippen LogP contribution in [0.4, 0.5) is 4.39 Å². The average Bonchev–Trinajstić information content (AvgIpc) is 3.14. The minimum absolute atomic E-state index is 0.0917. The summed E-state index contributed by atoms with van der Waals surface area (Å²) in [5.74, 6) is -0.269. The molecule has 0 radical (unpaired) electrons. The van der Waals surface area contributed by atoms with Gasteiger partial charge in [-0.15, -0.1) is 0 Å². The molecule has 1 N–H and O–H groups in total. The first kappa shape index (κ1) is 19.5. The minimum Gasteiger partial charge on any atom is -0.494 e. The molecule has 1 atom stereocenters. The maximum absolute atomic E-state index is 13.6. The van der Waals surface area contributed by atoms with E-state index in [-0.39, 0.29) is 25.0 Å². The Morgan fingerprint density at radius 2 is 1.96 bits per heavy atom. The predicted molar refractivity (Wildman–Crippen MR) is 96.7 cm³/mol. The molecule has 1 amide bonds. The summed E-state index contributed by atoms with van der Waals surface area (Å²) in [6.07, 6.45) is -0.147. The van der Waals surface area contributed by atoms with Crippen molar-refractivity contribution in [3.05, 3.63) is 53.3 Å². The lowest BCUT2D eigenvalue weighted by molar-refractivity contribution is -0.148. The molecule has 28 heavy (non-hydrogen) atoms. The van der Waals surface area contributed by atoms with E-state index in [2.05, 4.69) is 5.32 Å². The Balaban J connectivity index is 1.47. The molecule has 8 heteroatoms. The number of nitrogens with one attached hydrogen (secondary N) is 1. The van der Waals surface area contributed by atoms with Gasteiger partial charge >= 0.3 is 5.97 Å². The number of rotatable bonds is 7. The van der Waals surface area contributed by atoms with Crippen LogP contribution >= 0.6 is 0 Å². The molecule has 0 bridgehead atoms. The van der Waals surface area contributed by atoms with Crippen LogP contribution in [0.3, 0.4) is 0 Å². The maximum atomic E-state index is 13.6. The molecule has 7 nitrogen and oxygen atoms in total. The molecule has 2 aromatic rings. The molecule has 0 saturated carbocycles. The summed E-state index contributed by atoms with van der Waals surface area (Å²) in [7, 11) is 1.36. The summed E-state index contributed by atoms with van der Waals surface area (Å²) in [5, 5.41) is 2.74. The minimum atomic E-state index is -0.629. The van der Waals surface area contributed by atoms with Gasteiger partial charge in [-0.25, -0.2) is 4.39 Å². The first-order valence-corrected chi connectivity index (χ1v) is 8.63. The van der Waals surface area contributed by atoms with Crippen molar-refractivity contribution in [2.75, 3.05) is 20.5 Å². The highest BCUT2D eigenvalue weighted by Gasteiger charge is 2.17. The Labute approximate surface area is 161 Å². The van der Waals surface area contributed by atoms with Crippen LogP contribution < -0.4 is 19.5 Å². The van der Waals surface area contributed by atoms with E-state index in [0.717, 1.165) is 5.56 Å². The molecule has 148 valence electrons. The zero-order chi connectivity index (χ0) is 20.1. The number of fused-ring (bicyclic) bond motifs is 1. The largest absolute Gasteiger partial charge is 0.494 e. The summed E-state index contributed by atoms with van der Waals surface area (Å²) in [6.45, 7) is 1.55. The Kier molecular flexibility index (Phi) is 5.98. The smallest absolute Gasteiger partial charge is 0.310 e. The number of hydrogen-bond acceptors (Lipinski definition) is 6. The topological polar surface area (TPSA) is 83.1 Å². The third kappa shape index (κ3) is 4.70. The van der Waals surface area contributed by atoms with Crippen molar-refractivity contribution in [1.82, 2.24) is 5.32 Å². The van der Waals surface area contributed by atoms with Gasteiger partial charge in [-0.05, 0) is 42.3 Å². The molecule has 3 rings (SSSR count). The number of halogens is 1. The van der Waals surface area contributed by atoms with E-state index in [1.807, 2.05) is 6.07 Å². The molecule has 0 unspecified atom stereocenters. The van der Waals surface area contributed by atoms with Crippen LogP contribution in [0.5, 0.6) is 17.2 Å². The van der Waals surface area contributed by atoms with Gasteiger partial charge in [0.2, 0.25) is 6.79 Å². The highest BCUT2D eigenvalue weighted by molar-refractivity contribution is 5.81. The summed E-state index contributed by atoms with van der Waals surface area (Å²) in [6, 6.07) is 9.26. The molecular weight excluding hydrogens is 369 g/mol. The van der Waals surface area contributed by atoms with Crippen molar-refractivity contribution >= 4 is 11.9 Å². The lowest BCUT2D eigenvalue weighted by Gasteiger charge is -2.15. The molecular formula is C20H20FNO6. The molecule has 2 aromatic carbocycles. The third-order valence-corrected chi connectivity index (χ3v) is 4.20. The van der Waals surface area contributed by atoms with Crippen LogP contribution in [0.15, 0.2) is 36.4 Å². The van der Waals surface area contributed by atoms with Gasteiger partial charge in [0.25, 0.3) is 5.91 Å². The number of hydrogen-bond donors (Lipinski definition) is 1. The van der Waals surface area contributed by atoms with Crippen LogP contribution in [0, 0.1) is 5.82 Å². The number of benzene rings is 2. The van der Waals surface area contributed by atoms with Crippen LogP contribution in [0.1, 0.15) is 24.1 Å². The zero-order valence-electron chi connectivity index (χ0n) is 15.5. The molecule has 0 aliphatic carbocycles. The van der Waals surface area contributed by atoms with Crippen molar-refractivity contribution < 1.29 is 32.9 Å². The van der Waals surface area contributed by atoms with Gasteiger partial charge in [-0.2, -0.15) is 0 Å². The Morgan fingerprint density at radius 1 is 1.18 bits per heavy atom. The van der Waals surface area contributed by atoms with Gasteiger partial charge < -0.3 is 24.3 Å². The van der Waals surface area contributed by atoms with E-state index in [4.69, 9.17) is 18.9 Å². The second-order valence-corrected chi connectivity index (χ2v) is 6.21. The second-order valence-electron chi connectivity index (χ2n) is 6.21. The van der Waals surface area contributed by atoms with Gasteiger partial charge in [0.15, 0.2) is 29.7 Å². The number of methoxy groups -OCH3 is 1. The van der Waals surface area contributed by atoms with Gasteiger partial charge in [0.1, 0.15) is 0 Å². The zero-order valence-corrected chi connectivity index (χ0v) is 15.5. The summed E-state index contributed by atoms with van der Waals surface area (Å²) in [5.41, 5.74) is 1.26. The van der Waals surface area contributed by atoms with Gasteiger partial charge in [0.05, 0.1) is 19.6 Å². The highest BCUT2D eigenvalue weighted by Crippen LogP contribution is 2.34. The number of carbonyl (C=O) groups is 2. The van der Waals surface area contributed by atoms with Crippen molar-refractivity contribution in [2.45, 2.75) is 19.4 Å². The van der Waals surface area contributed by atoms with E-state index in [0.29, 0.717) is 17.1 Å². The molecule has 1 aliphatic heterocycles. The molecule has 0 saturated heterocycles. The molecule has 0 fully saturated rings. The first-order valence-electron chi connectivity index (χ1n) is 8.63. The summed E-state index contributed by atoms with van der Waals surface area (Å²) in [4.78, 5) is 23.9.